The highest BCUT2D eigenvalue weighted by Crippen LogP contribution is 2.22. The number of aryl methyl sites for hydroxylation is 2. The van der Waals surface area contributed by atoms with Crippen LogP contribution in [0.3, 0.4) is 0 Å². The maximum atomic E-state index is 12.7. The number of thiophene rings is 1. The highest BCUT2D eigenvalue weighted by molar-refractivity contribution is 7.91. The predicted molar refractivity (Wildman–Crippen MR) is 120 cm³/mol. The van der Waals surface area contributed by atoms with Crippen LogP contribution in [0.4, 0.5) is 0 Å². The molecule has 1 aromatic carbocycles. The number of nitrogens with zero attached hydrogens (tertiary/aromatic N) is 4. The highest BCUT2D eigenvalue weighted by Gasteiger charge is 2.30. The fourth-order valence-electron chi connectivity index (χ4n) is 3.77. The number of aromatic nitrogens is 2. The van der Waals surface area contributed by atoms with Crippen molar-refractivity contribution in [2.45, 2.75) is 30.5 Å². The monoisotopic (exact) mass is 460 g/mol. The first kappa shape index (κ1) is 21.7. The zero-order chi connectivity index (χ0) is 22.0. The number of hydrogen-bond acceptors (Lipinski definition) is 6. The molecule has 1 saturated heterocycles. The molecule has 2 aromatic heterocycles. The largest absolute Gasteiger partial charge is 0.340 e. The van der Waals surface area contributed by atoms with Gasteiger partial charge in [0.15, 0.2) is 0 Å². The van der Waals surface area contributed by atoms with Crippen LogP contribution in [-0.2, 0) is 21.4 Å². The van der Waals surface area contributed by atoms with E-state index in [2.05, 4.69) is 4.98 Å². The van der Waals surface area contributed by atoms with Crippen LogP contribution >= 0.6 is 11.3 Å². The Kier molecular flexibility index (Phi) is 6.22. The number of carbonyl (C=O) groups is 1. The normalized spacial score (nSPS) is 15.5. The summed E-state index contributed by atoms with van der Waals surface area (Å²) in [5.74, 6) is -0.0224. The van der Waals surface area contributed by atoms with Gasteiger partial charge in [-0.15, -0.1) is 11.3 Å². The van der Waals surface area contributed by atoms with Gasteiger partial charge in [-0.25, -0.2) is 13.4 Å². The maximum absolute atomic E-state index is 12.7. The number of piperazine rings is 1. The molecule has 4 rings (SSSR count). The Bertz CT molecular complexity index is 1240. The van der Waals surface area contributed by atoms with E-state index in [9.17, 15) is 18.0 Å². The van der Waals surface area contributed by atoms with Gasteiger partial charge in [-0.05, 0) is 36.4 Å². The molecule has 0 aliphatic carbocycles. The molecule has 1 fully saturated rings. The second-order valence-electron chi connectivity index (χ2n) is 7.53. The number of benzene rings is 1. The van der Waals surface area contributed by atoms with Crippen molar-refractivity contribution in [2.75, 3.05) is 26.2 Å². The molecule has 0 N–H and O–H groups in total. The van der Waals surface area contributed by atoms with Crippen LogP contribution in [0.25, 0.3) is 10.9 Å². The third-order valence-electron chi connectivity index (χ3n) is 5.53. The molecule has 0 atom stereocenters. The summed E-state index contributed by atoms with van der Waals surface area (Å²) in [7, 11) is -3.48. The fraction of sp³-hybridized carbons (Fsp3) is 0.381. The van der Waals surface area contributed by atoms with Crippen LogP contribution in [0.15, 0.2) is 51.0 Å². The Morgan fingerprint density at radius 1 is 1.13 bits per heavy atom. The molecule has 10 heteroatoms. The van der Waals surface area contributed by atoms with E-state index in [1.165, 1.54) is 22.0 Å². The minimum atomic E-state index is -3.48. The molecule has 0 bridgehead atoms. The molecule has 1 aliphatic heterocycles. The van der Waals surface area contributed by atoms with Crippen LogP contribution in [0.5, 0.6) is 0 Å². The first-order chi connectivity index (χ1) is 14.9. The molecule has 8 nitrogen and oxygen atoms in total. The Labute approximate surface area is 184 Å². The molecule has 0 spiro atoms. The summed E-state index contributed by atoms with van der Waals surface area (Å²) in [5.41, 5.74) is 1.56. The summed E-state index contributed by atoms with van der Waals surface area (Å²) in [6, 6.07) is 8.84. The van der Waals surface area contributed by atoms with Crippen molar-refractivity contribution in [3.8, 4) is 0 Å². The summed E-state index contributed by atoms with van der Waals surface area (Å²) >= 11 is 1.20. The summed E-state index contributed by atoms with van der Waals surface area (Å²) < 4.78 is 28.5. The average molecular weight is 461 g/mol. The lowest BCUT2D eigenvalue weighted by atomic mass is 10.1. The Morgan fingerprint density at radius 3 is 2.61 bits per heavy atom. The molecular formula is C21H24N4O4S2. The maximum Gasteiger partial charge on any atom is 0.261 e. The lowest BCUT2D eigenvalue weighted by Crippen LogP contribution is -2.50. The van der Waals surface area contributed by atoms with Crippen molar-refractivity contribution < 1.29 is 13.2 Å². The molecule has 3 aromatic rings. The first-order valence-corrected chi connectivity index (χ1v) is 12.5. The van der Waals surface area contributed by atoms with E-state index in [4.69, 9.17) is 0 Å². The Hall–Kier alpha value is -2.56. The quantitative estimate of drug-likeness (QED) is 0.562. The SMILES string of the molecule is Cc1cccc2c(=O)n(CCCC(=O)N3CCN(S(=O)(=O)c4cccs4)CC3)cnc12. The summed E-state index contributed by atoms with van der Waals surface area (Å²) in [6.45, 7) is 3.66. The van der Waals surface area contributed by atoms with E-state index in [0.29, 0.717) is 60.7 Å². The van der Waals surface area contributed by atoms with Gasteiger partial charge in [0.1, 0.15) is 4.21 Å². The number of amides is 1. The average Bonchev–Trinajstić information content (AvgIpc) is 3.32. The molecule has 0 radical (unpaired) electrons. The lowest BCUT2D eigenvalue weighted by Gasteiger charge is -2.33. The predicted octanol–water partition coefficient (Wildman–Crippen LogP) is 2.08. The smallest absolute Gasteiger partial charge is 0.261 e. The van der Waals surface area contributed by atoms with E-state index >= 15 is 0 Å². The Balaban J connectivity index is 1.31. The van der Waals surface area contributed by atoms with E-state index < -0.39 is 10.0 Å². The van der Waals surface area contributed by atoms with Crippen molar-refractivity contribution in [3.05, 3.63) is 58.0 Å². The van der Waals surface area contributed by atoms with Crippen LogP contribution in [0.1, 0.15) is 18.4 Å². The van der Waals surface area contributed by atoms with Gasteiger partial charge in [-0.1, -0.05) is 18.2 Å². The first-order valence-electron chi connectivity index (χ1n) is 10.1. The minimum absolute atomic E-state index is 0.0224. The highest BCUT2D eigenvalue weighted by atomic mass is 32.2. The van der Waals surface area contributed by atoms with Crippen molar-refractivity contribution in [2.24, 2.45) is 0 Å². The zero-order valence-electron chi connectivity index (χ0n) is 17.2. The summed E-state index contributed by atoms with van der Waals surface area (Å²) in [5, 5.41) is 2.32. The second-order valence-corrected chi connectivity index (χ2v) is 10.6. The molecule has 1 amide bonds. The van der Waals surface area contributed by atoms with Crippen molar-refractivity contribution in [1.82, 2.24) is 18.8 Å². The van der Waals surface area contributed by atoms with Crippen LogP contribution < -0.4 is 5.56 Å². The molecular weight excluding hydrogens is 436 g/mol. The number of carbonyl (C=O) groups excluding carboxylic acids is 1. The lowest BCUT2D eigenvalue weighted by molar-refractivity contribution is -0.132. The van der Waals surface area contributed by atoms with Gasteiger partial charge in [0.25, 0.3) is 15.6 Å². The van der Waals surface area contributed by atoms with Gasteiger partial charge in [0.05, 0.1) is 17.2 Å². The Morgan fingerprint density at radius 2 is 1.90 bits per heavy atom. The molecule has 1 aliphatic rings. The number of hydrogen-bond donors (Lipinski definition) is 0. The van der Waals surface area contributed by atoms with Gasteiger partial charge in [0, 0.05) is 39.1 Å². The number of para-hydroxylation sites is 1. The van der Waals surface area contributed by atoms with Crippen LogP contribution in [0.2, 0.25) is 0 Å². The standard InChI is InChI=1S/C21H24N4O4S2/c1-16-5-2-6-17-20(16)22-15-24(21(17)27)9-3-7-18(26)23-10-12-25(13-11-23)31(28,29)19-8-4-14-30-19/h2,4-6,8,14-15H,3,7,9-13H2,1H3. The summed E-state index contributed by atoms with van der Waals surface area (Å²) in [6.07, 6.45) is 2.36. The topological polar surface area (TPSA) is 92.6 Å². The van der Waals surface area contributed by atoms with Crippen molar-refractivity contribution >= 4 is 38.2 Å². The van der Waals surface area contributed by atoms with Gasteiger partial charge >= 0.3 is 0 Å². The van der Waals surface area contributed by atoms with Gasteiger partial charge in [0.2, 0.25) is 5.91 Å². The van der Waals surface area contributed by atoms with E-state index in [0.717, 1.165) is 5.56 Å². The number of sulfonamides is 1. The minimum Gasteiger partial charge on any atom is -0.340 e. The zero-order valence-corrected chi connectivity index (χ0v) is 18.9. The summed E-state index contributed by atoms with van der Waals surface area (Å²) in [4.78, 5) is 31.3. The van der Waals surface area contributed by atoms with E-state index in [1.54, 1.807) is 33.0 Å². The van der Waals surface area contributed by atoms with Gasteiger partial charge in [-0.3, -0.25) is 14.2 Å². The molecule has 0 unspecified atom stereocenters. The van der Waals surface area contributed by atoms with Crippen molar-refractivity contribution in [3.63, 3.8) is 0 Å². The van der Waals surface area contributed by atoms with Crippen LogP contribution in [-0.4, -0.2) is 59.3 Å². The van der Waals surface area contributed by atoms with E-state index in [1.807, 2.05) is 19.1 Å². The van der Waals surface area contributed by atoms with Crippen LogP contribution in [0, 0.1) is 6.92 Å². The van der Waals surface area contributed by atoms with E-state index in [-0.39, 0.29) is 11.5 Å². The fourth-order valence-corrected chi connectivity index (χ4v) is 6.34. The third-order valence-corrected chi connectivity index (χ3v) is 8.80. The second kappa shape index (κ2) is 8.89. The molecule has 3 heterocycles. The number of rotatable bonds is 6. The molecule has 31 heavy (non-hydrogen) atoms. The molecule has 164 valence electrons. The van der Waals surface area contributed by atoms with Gasteiger partial charge in [-0.2, -0.15) is 4.31 Å². The van der Waals surface area contributed by atoms with Crippen molar-refractivity contribution in [1.29, 1.82) is 0 Å². The van der Waals surface area contributed by atoms with Gasteiger partial charge < -0.3 is 4.90 Å². The molecule has 0 saturated carbocycles. The third kappa shape index (κ3) is 4.41. The number of fused-ring (bicyclic) bond motifs is 1.